The summed E-state index contributed by atoms with van der Waals surface area (Å²) in [5.74, 6) is 0.0956. The van der Waals surface area contributed by atoms with E-state index in [1.54, 1.807) is 12.1 Å². The molecule has 90 valence electrons. The lowest BCUT2D eigenvalue weighted by atomic mass is 10.1. The normalized spacial score (nSPS) is 10.0. The molecule has 2 aromatic rings. The molecule has 5 heteroatoms. The van der Waals surface area contributed by atoms with Gasteiger partial charge in [0.05, 0.1) is 0 Å². The van der Waals surface area contributed by atoms with E-state index in [1.165, 1.54) is 19.1 Å². The first-order valence-corrected chi connectivity index (χ1v) is 5.20. The lowest BCUT2D eigenvalue weighted by Gasteiger charge is -2.03. The monoisotopic (exact) mass is 243 g/mol. The number of hydrogen-bond donors (Lipinski definition) is 0. The third-order valence-corrected chi connectivity index (χ3v) is 2.39. The molecule has 0 fully saturated rings. The molecule has 0 unspecified atom stereocenters. The number of ketones is 1. The molecule has 18 heavy (non-hydrogen) atoms. The summed E-state index contributed by atoms with van der Waals surface area (Å²) in [6.07, 6.45) is 0. The average molecular weight is 243 g/mol. The first-order chi connectivity index (χ1) is 8.61. The highest BCUT2D eigenvalue weighted by Crippen LogP contribution is 2.20. The number of nitrogens with zero attached hydrogens (tertiary/aromatic N) is 1. The second kappa shape index (κ2) is 4.72. The van der Waals surface area contributed by atoms with Gasteiger partial charge in [-0.1, -0.05) is 0 Å². The molecule has 0 spiro atoms. The highest BCUT2D eigenvalue weighted by atomic mass is 16.5. The summed E-state index contributed by atoms with van der Waals surface area (Å²) >= 11 is 0. The molecule has 5 nitrogen and oxygen atoms in total. The summed E-state index contributed by atoms with van der Waals surface area (Å²) in [4.78, 5) is 22.7. The van der Waals surface area contributed by atoms with Crippen LogP contribution in [0.25, 0.3) is 11.0 Å². The number of Topliss-reactive ketones (excluding diaryl/α,β-unsaturated/α-hetero) is 1. The fraction of sp³-hybridized carbons (Fsp3) is 0.154. The second-order valence-corrected chi connectivity index (χ2v) is 3.65. The van der Waals surface area contributed by atoms with Crippen molar-refractivity contribution in [2.24, 2.45) is 0 Å². The van der Waals surface area contributed by atoms with Crippen LogP contribution in [0.4, 0.5) is 0 Å². The average Bonchev–Trinajstić information content (AvgIpc) is 2.34. The van der Waals surface area contributed by atoms with Gasteiger partial charge in [-0.3, -0.25) is 4.79 Å². The van der Waals surface area contributed by atoms with Crippen LogP contribution in [0.15, 0.2) is 33.5 Å². The number of rotatable bonds is 3. The molecule has 0 N–H and O–H groups in total. The summed E-state index contributed by atoms with van der Waals surface area (Å²) in [6, 6.07) is 8.14. The van der Waals surface area contributed by atoms with Gasteiger partial charge in [0.1, 0.15) is 23.0 Å². The van der Waals surface area contributed by atoms with Crippen molar-refractivity contribution in [2.45, 2.75) is 6.92 Å². The number of fused-ring (bicyclic) bond motifs is 1. The first-order valence-electron chi connectivity index (χ1n) is 5.20. The molecule has 1 aromatic heterocycles. The SMILES string of the molecule is CC(=O)c1cc2ccc(OCC#N)cc2oc1=O. The minimum atomic E-state index is -0.674. The lowest BCUT2D eigenvalue weighted by Crippen LogP contribution is -2.10. The van der Waals surface area contributed by atoms with Crippen molar-refractivity contribution in [2.75, 3.05) is 6.61 Å². The number of ether oxygens (including phenoxy) is 1. The quantitative estimate of drug-likeness (QED) is 0.607. The molecule has 0 bridgehead atoms. The van der Waals surface area contributed by atoms with Crippen LogP contribution in [0.3, 0.4) is 0 Å². The Balaban J connectivity index is 2.53. The van der Waals surface area contributed by atoms with Crippen LogP contribution in [0.5, 0.6) is 5.75 Å². The van der Waals surface area contributed by atoms with Crippen LogP contribution in [-0.4, -0.2) is 12.4 Å². The van der Waals surface area contributed by atoms with Crippen LogP contribution in [0.2, 0.25) is 0 Å². The Kier molecular flexibility index (Phi) is 3.11. The van der Waals surface area contributed by atoms with Gasteiger partial charge in [-0.05, 0) is 25.1 Å². The van der Waals surface area contributed by atoms with Crippen LogP contribution in [0, 0.1) is 11.3 Å². The summed E-state index contributed by atoms with van der Waals surface area (Å²) in [5, 5.41) is 9.03. The van der Waals surface area contributed by atoms with Gasteiger partial charge >= 0.3 is 5.63 Å². The van der Waals surface area contributed by atoms with Gasteiger partial charge in [0.25, 0.3) is 0 Å². The van der Waals surface area contributed by atoms with Crippen molar-refractivity contribution in [3.8, 4) is 11.8 Å². The highest BCUT2D eigenvalue weighted by Gasteiger charge is 2.09. The molecule has 2 rings (SSSR count). The topological polar surface area (TPSA) is 80.3 Å². The molecule has 0 radical (unpaired) electrons. The number of nitriles is 1. The van der Waals surface area contributed by atoms with E-state index in [2.05, 4.69) is 0 Å². The molecule has 0 aliphatic rings. The largest absolute Gasteiger partial charge is 0.479 e. The van der Waals surface area contributed by atoms with Gasteiger partial charge < -0.3 is 9.15 Å². The van der Waals surface area contributed by atoms with Crippen molar-refractivity contribution < 1.29 is 13.9 Å². The van der Waals surface area contributed by atoms with Crippen LogP contribution in [0.1, 0.15) is 17.3 Å². The van der Waals surface area contributed by atoms with E-state index in [0.29, 0.717) is 16.7 Å². The Morgan fingerprint density at radius 1 is 1.44 bits per heavy atom. The van der Waals surface area contributed by atoms with E-state index in [4.69, 9.17) is 14.4 Å². The van der Waals surface area contributed by atoms with E-state index in [-0.39, 0.29) is 18.0 Å². The van der Waals surface area contributed by atoms with Crippen molar-refractivity contribution in [3.63, 3.8) is 0 Å². The lowest BCUT2D eigenvalue weighted by molar-refractivity contribution is 0.101. The van der Waals surface area contributed by atoms with Gasteiger partial charge in [0.15, 0.2) is 12.4 Å². The molecule has 1 heterocycles. The number of hydrogen-bond acceptors (Lipinski definition) is 5. The maximum absolute atomic E-state index is 11.5. The van der Waals surface area contributed by atoms with Gasteiger partial charge in [-0.15, -0.1) is 0 Å². The Hall–Kier alpha value is -2.61. The molecule has 0 amide bonds. The Labute approximate surface area is 102 Å². The maximum Gasteiger partial charge on any atom is 0.347 e. The first kappa shape index (κ1) is 11.9. The number of carbonyl (C=O) groups is 1. The molecule has 0 aliphatic heterocycles. The summed E-state index contributed by atoms with van der Waals surface area (Å²) in [7, 11) is 0. The van der Waals surface area contributed by atoms with Crippen LogP contribution >= 0.6 is 0 Å². The highest BCUT2D eigenvalue weighted by molar-refractivity contribution is 5.96. The van der Waals surface area contributed by atoms with Crippen LogP contribution < -0.4 is 10.4 Å². The second-order valence-electron chi connectivity index (χ2n) is 3.65. The van der Waals surface area contributed by atoms with E-state index < -0.39 is 5.63 Å². The number of benzene rings is 1. The predicted octanol–water partition coefficient (Wildman–Crippen LogP) is 1.90. The van der Waals surface area contributed by atoms with E-state index in [0.717, 1.165) is 0 Å². The van der Waals surface area contributed by atoms with Crippen molar-refractivity contribution >= 4 is 16.8 Å². The molecular weight excluding hydrogens is 234 g/mol. The van der Waals surface area contributed by atoms with Gasteiger partial charge in [-0.25, -0.2) is 4.79 Å². The van der Waals surface area contributed by atoms with E-state index in [9.17, 15) is 9.59 Å². The molecule has 0 saturated heterocycles. The summed E-state index contributed by atoms with van der Waals surface area (Å²) in [6.45, 7) is 1.23. The molecular formula is C13H9NO4. The Morgan fingerprint density at radius 3 is 2.89 bits per heavy atom. The Bertz CT molecular complexity index is 709. The minimum Gasteiger partial charge on any atom is -0.479 e. The number of carbonyl (C=O) groups excluding carboxylic acids is 1. The zero-order valence-electron chi connectivity index (χ0n) is 9.60. The molecule has 1 aromatic carbocycles. The zero-order chi connectivity index (χ0) is 13.1. The standard InChI is InChI=1S/C13H9NO4/c1-8(15)11-6-9-2-3-10(17-5-4-14)7-12(9)18-13(11)16/h2-3,6-7H,5H2,1H3. The Morgan fingerprint density at radius 2 is 2.22 bits per heavy atom. The minimum absolute atomic E-state index is 0.0215. The molecule has 0 aliphatic carbocycles. The molecule has 0 saturated carbocycles. The van der Waals surface area contributed by atoms with Gasteiger partial charge in [0, 0.05) is 11.5 Å². The molecule has 0 atom stereocenters. The third-order valence-electron chi connectivity index (χ3n) is 2.39. The van der Waals surface area contributed by atoms with Crippen LogP contribution in [-0.2, 0) is 0 Å². The fourth-order valence-electron chi connectivity index (χ4n) is 1.54. The maximum atomic E-state index is 11.5. The van der Waals surface area contributed by atoms with E-state index in [1.807, 2.05) is 6.07 Å². The summed E-state index contributed by atoms with van der Waals surface area (Å²) in [5.41, 5.74) is -0.332. The third kappa shape index (κ3) is 2.23. The van der Waals surface area contributed by atoms with Crippen molar-refractivity contribution in [3.05, 3.63) is 40.2 Å². The van der Waals surface area contributed by atoms with Crippen molar-refractivity contribution in [1.29, 1.82) is 5.26 Å². The fourth-order valence-corrected chi connectivity index (χ4v) is 1.54. The van der Waals surface area contributed by atoms with Gasteiger partial charge in [-0.2, -0.15) is 5.26 Å². The van der Waals surface area contributed by atoms with Gasteiger partial charge in [0.2, 0.25) is 0 Å². The zero-order valence-corrected chi connectivity index (χ0v) is 9.60. The smallest absolute Gasteiger partial charge is 0.347 e. The van der Waals surface area contributed by atoms with Crippen molar-refractivity contribution in [1.82, 2.24) is 0 Å². The predicted molar refractivity (Wildman–Crippen MR) is 63.6 cm³/mol. The summed E-state index contributed by atoms with van der Waals surface area (Å²) < 4.78 is 10.1. The van der Waals surface area contributed by atoms with E-state index >= 15 is 0 Å².